The molecule has 37 heavy (non-hydrogen) atoms. The summed E-state index contributed by atoms with van der Waals surface area (Å²) in [6.07, 6.45) is 4.72. The maximum atomic E-state index is 14.1. The topological polar surface area (TPSA) is 102 Å². The van der Waals surface area contributed by atoms with Crippen molar-refractivity contribution in [3.05, 3.63) is 95.1 Å². The van der Waals surface area contributed by atoms with Gasteiger partial charge in [-0.05, 0) is 48.9 Å². The number of nitrogens with zero attached hydrogens (tertiary/aromatic N) is 4. The number of benzene rings is 2. The summed E-state index contributed by atoms with van der Waals surface area (Å²) in [4.78, 5) is 39.3. The lowest BCUT2D eigenvalue weighted by molar-refractivity contribution is -0.133. The van der Waals surface area contributed by atoms with Gasteiger partial charge in [0.1, 0.15) is 5.54 Å². The second kappa shape index (κ2) is 9.76. The molecule has 2 amide bonds. The normalized spacial score (nSPS) is 19.8. The van der Waals surface area contributed by atoms with Gasteiger partial charge in [-0.3, -0.25) is 29.9 Å². The van der Waals surface area contributed by atoms with Gasteiger partial charge in [0, 0.05) is 18.0 Å². The molecular formula is C29H32N6O2. The van der Waals surface area contributed by atoms with Gasteiger partial charge in [-0.1, -0.05) is 56.3 Å². The Kier molecular flexibility index (Phi) is 6.50. The van der Waals surface area contributed by atoms with Crippen LogP contribution in [0.15, 0.2) is 67.0 Å². The highest BCUT2D eigenvalue weighted by Gasteiger charge is 2.51. The predicted molar refractivity (Wildman–Crippen MR) is 140 cm³/mol. The minimum atomic E-state index is -0.981. The summed E-state index contributed by atoms with van der Waals surface area (Å²) in [5.74, 6) is 0.251. The largest absolute Gasteiger partial charge is 0.338 e. The lowest BCUT2D eigenvalue weighted by atomic mass is 9.83. The maximum absolute atomic E-state index is 14.1. The standard InChI is InChI=1S/C29H32N6O2/c1-19(2)12-13-29(23-10-5-4-6-11-23)27(37)35(28(30)33-29)20(3)21-8-7-9-22(16-21)26(36)34-17-24-25(18-34)32-15-14-31-24/h4-11,14-16,19-20H,12-13,17-18H2,1-3H3,(H2,30,33)/t20-,29?/m1/s1. The van der Waals surface area contributed by atoms with Crippen LogP contribution in [0.4, 0.5) is 0 Å². The van der Waals surface area contributed by atoms with Crippen molar-refractivity contribution in [1.82, 2.24) is 25.1 Å². The molecule has 190 valence electrons. The summed E-state index contributed by atoms with van der Waals surface area (Å²) < 4.78 is 0. The van der Waals surface area contributed by atoms with Gasteiger partial charge in [0.05, 0.1) is 30.5 Å². The molecule has 1 saturated heterocycles. The second-order valence-corrected chi connectivity index (χ2v) is 10.3. The molecule has 5 rings (SSSR count). The third-order valence-corrected chi connectivity index (χ3v) is 7.35. The molecular weight excluding hydrogens is 464 g/mol. The SMILES string of the molecule is CC(C)CCC1(c2ccccc2)NC(=N)N([C@H](C)c2cccc(C(=O)N3Cc4nccnc4C3)c2)C1=O. The molecule has 8 heteroatoms. The molecule has 8 nitrogen and oxygen atoms in total. The number of carbonyl (C=O) groups is 2. The quantitative estimate of drug-likeness (QED) is 0.505. The van der Waals surface area contributed by atoms with E-state index in [1.807, 2.05) is 55.5 Å². The number of rotatable bonds is 7. The Bertz CT molecular complexity index is 1320. The van der Waals surface area contributed by atoms with Gasteiger partial charge in [-0.15, -0.1) is 0 Å². The van der Waals surface area contributed by atoms with Gasteiger partial charge in [0.2, 0.25) is 0 Å². The molecule has 3 aromatic rings. The van der Waals surface area contributed by atoms with Gasteiger partial charge in [-0.2, -0.15) is 0 Å². The van der Waals surface area contributed by atoms with Crippen molar-refractivity contribution in [2.75, 3.05) is 0 Å². The van der Waals surface area contributed by atoms with Crippen molar-refractivity contribution in [3.63, 3.8) is 0 Å². The van der Waals surface area contributed by atoms with Gasteiger partial charge >= 0.3 is 0 Å². The van der Waals surface area contributed by atoms with E-state index in [4.69, 9.17) is 5.41 Å². The summed E-state index contributed by atoms with van der Waals surface area (Å²) >= 11 is 0. The Morgan fingerprint density at radius 1 is 1.03 bits per heavy atom. The van der Waals surface area contributed by atoms with Crippen molar-refractivity contribution in [2.24, 2.45) is 5.92 Å². The number of aromatic nitrogens is 2. The summed E-state index contributed by atoms with van der Waals surface area (Å²) in [6, 6.07) is 16.6. The Morgan fingerprint density at radius 2 is 1.70 bits per heavy atom. The summed E-state index contributed by atoms with van der Waals surface area (Å²) in [7, 11) is 0. The molecule has 1 fully saturated rings. The van der Waals surface area contributed by atoms with Crippen LogP contribution >= 0.6 is 0 Å². The van der Waals surface area contributed by atoms with E-state index in [0.29, 0.717) is 31.0 Å². The van der Waals surface area contributed by atoms with E-state index in [1.165, 1.54) is 4.90 Å². The summed E-state index contributed by atoms with van der Waals surface area (Å²) in [5, 5.41) is 12.0. The molecule has 1 unspecified atom stereocenters. The van der Waals surface area contributed by atoms with E-state index in [2.05, 4.69) is 29.1 Å². The number of fused-ring (bicyclic) bond motifs is 1. The maximum Gasteiger partial charge on any atom is 0.260 e. The van der Waals surface area contributed by atoms with Crippen LogP contribution in [0.25, 0.3) is 0 Å². The summed E-state index contributed by atoms with van der Waals surface area (Å²) in [6.45, 7) is 7.03. The Labute approximate surface area is 217 Å². The molecule has 2 N–H and O–H groups in total. The number of nitrogens with one attached hydrogen (secondary N) is 2. The van der Waals surface area contributed by atoms with Crippen LogP contribution in [0, 0.1) is 11.3 Å². The monoisotopic (exact) mass is 496 g/mol. The summed E-state index contributed by atoms with van der Waals surface area (Å²) in [5.41, 5.74) is 2.86. The number of amides is 2. The predicted octanol–water partition coefficient (Wildman–Crippen LogP) is 4.39. The van der Waals surface area contributed by atoms with E-state index in [9.17, 15) is 9.59 Å². The molecule has 2 aliphatic heterocycles. The molecule has 0 radical (unpaired) electrons. The molecule has 0 bridgehead atoms. The number of hydrogen-bond donors (Lipinski definition) is 2. The fourth-order valence-corrected chi connectivity index (χ4v) is 5.21. The van der Waals surface area contributed by atoms with Crippen LogP contribution in [0.1, 0.15) is 72.5 Å². The van der Waals surface area contributed by atoms with Crippen molar-refractivity contribution in [3.8, 4) is 0 Å². The van der Waals surface area contributed by atoms with Crippen molar-refractivity contribution >= 4 is 17.8 Å². The molecule has 2 atom stereocenters. The van der Waals surface area contributed by atoms with E-state index in [-0.39, 0.29) is 17.8 Å². The molecule has 0 aliphatic carbocycles. The third-order valence-electron chi connectivity index (χ3n) is 7.35. The minimum absolute atomic E-state index is 0.0778. The first kappa shape index (κ1) is 24.6. The zero-order valence-electron chi connectivity index (χ0n) is 21.4. The van der Waals surface area contributed by atoms with Gasteiger partial charge < -0.3 is 10.2 Å². The van der Waals surface area contributed by atoms with E-state index in [0.717, 1.165) is 28.9 Å². The Balaban J connectivity index is 1.40. The number of hydrogen-bond acceptors (Lipinski definition) is 5. The highest BCUT2D eigenvalue weighted by atomic mass is 16.2. The van der Waals surface area contributed by atoms with Crippen LogP contribution in [-0.2, 0) is 23.4 Å². The zero-order valence-corrected chi connectivity index (χ0v) is 21.4. The lowest BCUT2D eigenvalue weighted by Crippen LogP contribution is -2.44. The molecule has 3 heterocycles. The van der Waals surface area contributed by atoms with E-state index in [1.54, 1.807) is 23.4 Å². The van der Waals surface area contributed by atoms with E-state index >= 15 is 0 Å². The first-order chi connectivity index (χ1) is 17.8. The molecule has 2 aromatic carbocycles. The fraction of sp³-hybridized carbons (Fsp3) is 0.345. The number of carbonyl (C=O) groups excluding carboxylic acids is 2. The van der Waals surface area contributed by atoms with Crippen LogP contribution in [0.2, 0.25) is 0 Å². The van der Waals surface area contributed by atoms with Gasteiger partial charge in [0.15, 0.2) is 5.96 Å². The highest BCUT2D eigenvalue weighted by Crippen LogP contribution is 2.38. The molecule has 2 aliphatic rings. The van der Waals surface area contributed by atoms with Gasteiger partial charge in [0.25, 0.3) is 11.8 Å². The minimum Gasteiger partial charge on any atom is -0.338 e. The highest BCUT2D eigenvalue weighted by molar-refractivity contribution is 6.08. The average Bonchev–Trinajstić information content (AvgIpc) is 3.46. The third kappa shape index (κ3) is 4.48. The first-order valence-corrected chi connectivity index (χ1v) is 12.7. The lowest BCUT2D eigenvalue weighted by Gasteiger charge is -2.30. The average molecular weight is 497 g/mol. The van der Waals surface area contributed by atoms with Crippen molar-refractivity contribution < 1.29 is 9.59 Å². The molecule has 0 saturated carbocycles. The number of guanidine groups is 1. The first-order valence-electron chi connectivity index (χ1n) is 12.7. The molecule has 1 aromatic heterocycles. The van der Waals surface area contributed by atoms with E-state index < -0.39 is 11.6 Å². The fourth-order valence-electron chi connectivity index (χ4n) is 5.21. The van der Waals surface area contributed by atoms with Crippen LogP contribution in [0.3, 0.4) is 0 Å². The Morgan fingerprint density at radius 3 is 2.35 bits per heavy atom. The smallest absolute Gasteiger partial charge is 0.260 e. The van der Waals surface area contributed by atoms with Crippen LogP contribution in [0.5, 0.6) is 0 Å². The van der Waals surface area contributed by atoms with Crippen molar-refractivity contribution in [2.45, 2.75) is 58.3 Å². The second-order valence-electron chi connectivity index (χ2n) is 10.3. The van der Waals surface area contributed by atoms with Crippen LogP contribution in [-0.4, -0.2) is 37.5 Å². The zero-order chi connectivity index (χ0) is 26.2. The van der Waals surface area contributed by atoms with Gasteiger partial charge in [-0.25, -0.2) is 0 Å². The Hall–Kier alpha value is -4.07. The van der Waals surface area contributed by atoms with Crippen LogP contribution < -0.4 is 5.32 Å². The molecule has 0 spiro atoms. The van der Waals surface area contributed by atoms with Crippen molar-refractivity contribution in [1.29, 1.82) is 5.41 Å².